The summed E-state index contributed by atoms with van der Waals surface area (Å²) >= 11 is 0. The number of hydrogen-bond acceptors (Lipinski definition) is 2. The Bertz CT molecular complexity index is 442. The number of aryl methyl sites for hydroxylation is 2. The van der Waals surface area contributed by atoms with Crippen LogP contribution >= 0.6 is 0 Å². The van der Waals surface area contributed by atoms with Crippen molar-refractivity contribution in [1.82, 2.24) is 4.90 Å². The van der Waals surface area contributed by atoms with E-state index in [0.717, 1.165) is 18.7 Å². The molecule has 0 spiro atoms. The Morgan fingerprint density at radius 1 is 1.39 bits per heavy atom. The van der Waals surface area contributed by atoms with Gasteiger partial charge in [-0.25, -0.2) is 0 Å². The SMILES string of the molecule is Cc1ccc(NC(=O)CC2CCCN2C)cc1C. The van der Waals surface area contributed by atoms with Gasteiger partial charge in [0.25, 0.3) is 0 Å². The third kappa shape index (κ3) is 3.10. The Balaban J connectivity index is 1.92. The number of hydrogen-bond donors (Lipinski definition) is 1. The van der Waals surface area contributed by atoms with Gasteiger partial charge in [0, 0.05) is 18.2 Å². The van der Waals surface area contributed by atoms with Gasteiger partial charge in [-0.2, -0.15) is 0 Å². The minimum Gasteiger partial charge on any atom is -0.326 e. The van der Waals surface area contributed by atoms with Crippen molar-refractivity contribution in [3.05, 3.63) is 29.3 Å². The van der Waals surface area contributed by atoms with Gasteiger partial charge in [0.2, 0.25) is 5.91 Å². The van der Waals surface area contributed by atoms with Crippen molar-refractivity contribution in [1.29, 1.82) is 0 Å². The third-order valence-electron chi connectivity index (χ3n) is 3.88. The van der Waals surface area contributed by atoms with Crippen molar-refractivity contribution >= 4 is 11.6 Å². The number of nitrogens with one attached hydrogen (secondary N) is 1. The van der Waals surface area contributed by atoms with E-state index in [9.17, 15) is 4.79 Å². The fraction of sp³-hybridized carbons (Fsp3) is 0.533. The topological polar surface area (TPSA) is 32.3 Å². The molecule has 1 aromatic carbocycles. The maximum atomic E-state index is 12.0. The summed E-state index contributed by atoms with van der Waals surface area (Å²) in [4.78, 5) is 14.3. The number of likely N-dealkylation sites (tertiary alicyclic amines) is 1. The molecular weight excluding hydrogens is 224 g/mol. The smallest absolute Gasteiger partial charge is 0.225 e. The molecule has 1 unspecified atom stereocenters. The number of carbonyl (C=O) groups is 1. The van der Waals surface area contributed by atoms with Crippen LogP contribution in [0, 0.1) is 13.8 Å². The largest absolute Gasteiger partial charge is 0.326 e. The second-order valence-corrected chi connectivity index (χ2v) is 5.33. The fourth-order valence-electron chi connectivity index (χ4n) is 2.48. The van der Waals surface area contributed by atoms with E-state index in [-0.39, 0.29) is 5.91 Å². The molecule has 0 aliphatic carbocycles. The van der Waals surface area contributed by atoms with E-state index >= 15 is 0 Å². The lowest BCUT2D eigenvalue weighted by molar-refractivity contribution is -0.117. The molecule has 98 valence electrons. The van der Waals surface area contributed by atoms with Crippen LogP contribution in [0.15, 0.2) is 18.2 Å². The van der Waals surface area contributed by atoms with Crippen LogP contribution in [0.3, 0.4) is 0 Å². The highest BCUT2D eigenvalue weighted by atomic mass is 16.1. The van der Waals surface area contributed by atoms with E-state index in [2.05, 4.69) is 31.1 Å². The van der Waals surface area contributed by atoms with Crippen LogP contribution in [-0.4, -0.2) is 30.4 Å². The predicted molar refractivity (Wildman–Crippen MR) is 74.8 cm³/mol. The van der Waals surface area contributed by atoms with Crippen LogP contribution in [-0.2, 0) is 4.79 Å². The highest BCUT2D eigenvalue weighted by Gasteiger charge is 2.23. The number of anilines is 1. The lowest BCUT2D eigenvalue weighted by atomic mass is 10.1. The zero-order valence-corrected chi connectivity index (χ0v) is 11.5. The molecule has 0 aromatic heterocycles. The fourth-order valence-corrected chi connectivity index (χ4v) is 2.48. The summed E-state index contributed by atoms with van der Waals surface area (Å²) in [5.41, 5.74) is 3.37. The molecule has 1 aliphatic heterocycles. The summed E-state index contributed by atoms with van der Waals surface area (Å²) in [5.74, 6) is 0.122. The highest BCUT2D eigenvalue weighted by molar-refractivity contribution is 5.91. The molecule has 3 nitrogen and oxygen atoms in total. The van der Waals surface area contributed by atoms with E-state index in [0.29, 0.717) is 12.5 Å². The Morgan fingerprint density at radius 2 is 2.17 bits per heavy atom. The molecule has 0 radical (unpaired) electrons. The van der Waals surface area contributed by atoms with Crippen LogP contribution in [0.25, 0.3) is 0 Å². The number of amides is 1. The lowest BCUT2D eigenvalue weighted by Gasteiger charge is -2.18. The van der Waals surface area contributed by atoms with Gasteiger partial charge in [-0.3, -0.25) is 4.79 Å². The highest BCUT2D eigenvalue weighted by Crippen LogP contribution is 2.19. The molecule has 1 amide bonds. The predicted octanol–water partition coefficient (Wildman–Crippen LogP) is 2.73. The van der Waals surface area contributed by atoms with Crippen LogP contribution in [0.5, 0.6) is 0 Å². The quantitative estimate of drug-likeness (QED) is 0.889. The summed E-state index contributed by atoms with van der Waals surface area (Å²) in [6.07, 6.45) is 2.94. The molecule has 1 aliphatic rings. The van der Waals surface area contributed by atoms with Gasteiger partial charge in [-0.1, -0.05) is 6.07 Å². The minimum atomic E-state index is 0.122. The Hall–Kier alpha value is -1.35. The summed E-state index contributed by atoms with van der Waals surface area (Å²) < 4.78 is 0. The number of nitrogens with zero attached hydrogens (tertiary/aromatic N) is 1. The molecular formula is C15H22N2O. The van der Waals surface area contributed by atoms with E-state index in [1.165, 1.54) is 17.5 Å². The van der Waals surface area contributed by atoms with Crippen molar-refractivity contribution in [3.8, 4) is 0 Å². The molecule has 1 aromatic rings. The number of benzene rings is 1. The Labute approximate surface area is 109 Å². The molecule has 3 heteroatoms. The lowest BCUT2D eigenvalue weighted by Crippen LogP contribution is -2.29. The van der Waals surface area contributed by atoms with Gasteiger partial charge in [-0.05, 0) is 63.5 Å². The molecule has 1 N–H and O–H groups in total. The first-order valence-electron chi connectivity index (χ1n) is 6.63. The van der Waals surface area contributed by atoms with Gasteiger partial charge in [-0.15, -0.1) is 0 Å². The van der Waals surface area contributed by atoms with Gasteiger partial charge in [0.05, 0.1) is 0 Å². The summed E-state index contributed by atoms with van der Waals surface area (Å²) in [6, 6.07) is 6.47. The average molecular weight is 246 g/mol. The minimum absolute atomic E-state index is 0.122. The van der Waals surface area contributed by atoms with Crippen molar-refractivity contribution in [2.45, 2.75) is 39.2 Å². The number of carbonyl (C=O) groups excluding carboxylic acids is 1. The summed E-state index contributed by atoms with van der Waals surface area (Å²) in [5, 5.41) is 2.99. The molecule has 0 saturated carbocycles. The maximum Gasteiger partial charge on any atom is 0.225 e. The molecule has 0 bridgehead atoms. The van der Waals surface area contributed by atoms with Crippen molar-refractivity contribution < 1.29 is 4.79 Å². The van der Waals surface area contributed by atoms with Crippen LogP contribution < -0.4 is 5.32 Å². The van der Waals surface area contributed by atoms with Crippen molar-refractivity contribution in [2.75, 3.05) is 18.9 Å². The van der Waals surface area contributed by atoms with E-state index in [1.807, 2.05) is 18.2 Å². The third-order valence-corrected chi connectivity index (χ3v) is 3.88. The molecule has 1 atom stereocenters. The van der Waals surface area contributed by atoms with Gasteiger partial charge in [0.15, 0.2) is 0 Å². The monoisotopic (exact) mass is 246 g/mol. The van der Waals surface area contributed by atoms with Crippen molar-refractivity contribution in [3.63, 3.8) is 0 Å². The zero-order chi connectivity index (χ0) is 13.1. The molecule has 1 heterocycles. The Kier molecular flexibility index (Phi) is 4.02. The van der Waals surface area contributed by atoms with E-state index < -0.39 is 0 Å². The van der Waals surface area contributed by atoms with Gasteiger partial charge >= 0.3 is 0 Å². The number of rotatable bonds is 3. The zero-order valence-electron chi connectivity index (χ0n) is 11.5. The first-order chi connectivity index (χ1) is 8.56. The normalized spacial score (nSPS) is 20.1. The van der Waals surface area contributed by atoms with Gasteiger partial charge < -0.3 is 10.2 Å². The van der Waals surface area contributed by atoms with Gasteiger partial charge in [0.1, 0.15) is 0 Å². The molecule has 1 saturated heterocycles. The first kappa shape index (κ1) is 13.1. The second kappa shape index (κ2) is 5.53. The summed E-state index contributed by atoms with van der Waals surface area (Å²) in [7, 11) is 2.10. The van der Waals surface area contributed by atoms with Crippen LogP contribution in [0.1, 0.15) is 30.4 Å². The summed E-state index contributed by atoms with van der Waals surface area (Å²) in [6.45, 7) is 5.26. The standard InChI is InChI=1S/C15H22N2O/c1-11-6-7-13(9-12(11)2)16-15(18)10-14-5-4-8-17(14)3/h6-7,9,14H,4-5,8,10H2,1-3H3,(H,16,18). The molecule has 1 fully saturated rings. The van der Waals surface area contributed by atoms with E-state index in [4.69, 9.17) is 0 Å². The first-order valence-corrected chi connectivity index (χ1v) is 6.63. The second-order valence-electron chi connectivity index (χ2n) is 5.33. The Morgan fingerprint density at radius 3 is 2.78 bits per heavy atom. The van der Waals surface area contributed by atoms with Crippen LogP contribution in [0.4, 0.5) is 5.69 Å². The molecule has 2 rings (SSSR count). The van der Waals surface area contributed by atoms with Crippen molar-refractivity contribution in [2.24, 2.45) is 0 Å². The average Bonchev–Trinajstić information content (AvgIpc) is 2.70. The van der Waals surface area contributed by atoms with Crippen LogP contribution in [0.2, 0.25) is 0 Å². The van der Waals surface area contributed by atoms with E-state index in [1.54, 1.807) is 0 Å². The molecule has 18 heavy (non-hydrogen) atoms. The maximum absolute atomic E-state index is 12.0.